The molecule has 35 heavy (non-hydrogen) atoms. The molecule has 0 aromatic carbocycles. The van der Waals surface area contributed by atoms with E-state index in [-0.39, 0.29) is 18.4 Å². The van der Waals surface area contributed by atoms with Crippen molar-refractivity contribution in [1.82, 2.24) is 5.32 Å². The lowest BCUT2D eigenvalue weighted by Gasteiger charge is -2.61. The number of carboxylic acids is 2. The Morgan fingerprint density at radius 2 is 1.63 bits per heavy atom. The molecule has 4 aliphatic rings. The summed E-state index contributed by atoms with van der Waals surface area (Å²) in [6, 6.07) is -1.38. The maximum Gasteiger partial charge on any atom is 0.326 e. The monoisotopic (exact) mass is 491 g/mol. The molecule has 4 N–H and O–H groups in total. The Hall–Kier alpha value is -1.63. The van der Waals surface area contributed by atoms with Crippen LogP contribution in [0.3, 0.4) is 0 Å². The fourth-order valence-electron chi connectivity index (χ4n) is 9.41. The first kappa shape index (κ1) is 26.4. The lowest BCUT2D eigenvalue weighted by molar-refractivity contribution is -0.147. The van der Waals surface area contributed by atoms with Gasteiger partial charge in [-0.15, -0.1) is 0 Å². The van der Waals surface area contributed by atoms with Gasteiger partial charge in [-0.05, 0) is 111 Å². The van der Waals surface area contributed by atoms with Crippen molar-refractivity contribution < 1.29 is 29.7 Å². The SMILES string of the molecule is CC(CCC(=O)N[C@@H](CC(=O)O)C(=O)O)C1CC[C@H]2C3CC[C@@H]4C[C@H](O)CC[C@]4(C)[C@@H]3CC[C@]12C. The summed E-state index contributed by atoms with van der Waals surface area (Å²) < 4.78 is 0. The highest BCUT2D eigenvalue weighted by atomic mass is 16.4. The van der Waals surface area contributed by atoms with E-state index in [9.17, 15) is 24.6 Å². The van der Waals surface area contributed by atoms with E-state index in [1.54, 1.807) is 0 Å². The van der Waals surface area contributed by atoms with Gasteiger partial charge in [0, 0.05) is 6.42 Å². The zero-order valence-corrected chi connectivity index (χ0v) is 21.7. The first-order chi connectivity index (χ1) is 16.5. The van der Waals surface area contributed by atoms with Gasteiger partial charge in [-0.25, -0.2) is 4.79 Å². The molecule has 10 atom stereocenters. The fourth-order valence-corrected chi connectivity index (χ4v) is 9.41. The Morgan fingerprint density at radius 1 is 0.943 bits per heavy atom. The van der Waals surface area contributed by atoms with Crippen molar-refractivity contribution in [3.63, 3.8) is 0 Å². The second-order valence-electron chi connectivity index (χ2n) is 12.9. The normalized spacial score (nSPS) is 42.2. The molecular weight excluding hydrogens is 446 g/mol. The fraction of sp³-hybridized carbons (Fsp3) is 0.893. The van der Waals surface area contributed by atoms with Crippen LogP contribution >= 0.6 is 0 Å². The Bertz CT molecular complexity index is 830. The summed E-state index contributed by atoms with van der Waals surface area (Å²) in [7, 11) is 0. The minimum absolute atomic E-state index is 0.109. The third-order valence-electron chi connectivity index (χ3n) is 11.2. The summed E-state index contributed by atoms with van der Waals surface area (Å²) in [5.74, 6) is 0.959. The molecule has 4 rings (SSSR count). The largest absolute Gasteiger partial charge is 0.481 e. The summed E-state index contributed by atoms with van der Waals surface area (Å²) in [5.41, 5.74) is 0.670. The molecule has 1 amide bonds. The molecule has 0 heterocycles. The Balaban J connectivity index is 1.36. The van der Waals surface area contributed by atoms with Gasteiger partial charge in [0.25, 0.3) is 0 Å². The molecule has 0 radical (unpaired) electrons. The number of hydrogen-bond donors (Lipinski definition) is 4. The van der Waals surface area contributed by atoms with E-state index in [0.29, 0.717) is 35.0 Å². The highest BCUT2D eigenvalue weighted by Crippen LogP contribution is 2.68. The van der Waals surface area contributed by atoms with Crippen LogP contribution in [0.5, 0.6) is 0 Å². The first-order valence-corrected chi connectivity index (χ1v) is 13.9. The van der Waals surface area contributed by atoms with Crippen molar-refractivity contribution in [1.29, 1.82) is 0 Å². The van der Waals surface area contributed by atoms with Gasteiger partial charge in [-0.2, -0.15) is 0 Å². The van der Waals surface area contributed by atoms with Gasteiger partial charge in [0.15, 0.2) is 0 Å². The van der Waals surface area contributed by atoms with Gasteiger partial charge in [-0.1, -0.05) is 20.8 Å². The number of carbonyl (C=O) groups is 3. The number of fused-ring (bicyclic) bond motifs is 5. The molecule has 0 aromatic rings. The second kappa shape index (κ2) is 10.0. The quantitative estimate of drug-likeness (QED) is 0.397. The van der Waals surface area contributed by atoms with Crippen molar-refractivity contribution in [3.8, 4) is 0 Å². The number of hydrogen-bond acceptors (Lipinski definition) is 4. The average Bonchev–Trinajstić information content (AvgIpc) is 3.14. The summed E-state index contributed by atoms with van der Waals surface area (Å²) in [6.07, 6.45) is 10.8. The van der Waals surface area contributed by atoms with Crippen LogP contribution < -0.4 is 5.32 Å². The summed E-state index contributed by atoms with van der Waals surface area (Å²) in [4.78, 5) is 34.6. The molecule has 3 unspecified atom stereocenters. The van der Waals surface area contributed by atoms with E-state index in [1.165, 1.54) is 38.5 Å². The zero-order chi connectivity index (χ0) is 25.5. The van der Waals surface area contributed by atoms with E-state index in [2.05, 4.69) is 26.1 Å². The molecule has 7 nitrogen and oxygen atoms in total. The average molecular weight is 492 g/mol. The zero-order valence-electron chi connectivity index (χ0n) is 21.7. The lowest BCUT2D eigenvalue weighted by Crippen LogP contribution is -2.54. The highest BCUT2D eigenvalue weighted by Gasteiger charge is 2.60. The third kappa shape index (κ3) is 4.99. The predicted octanol–water partition coefficient (Wildman–Crippen LogP) is 4.47. The molecule has 0 spiro atoms. The number of aliphatic hydroxyl groups excluding tert-OH is 1. The Kier molecular flexibility index (Phi) is 7.57. The van der Waals surface area contributed by atoms with E-state index >= 15 is 0 Å². The maximum absolute atomic E-state index is 12.4. The van der Waals surface area contributed by atoms with Crippen LogP contribution in [0.2, 0.25) is 0 Å². The molecule has 4 aliphatic carbocycles. The van der Waals surface area contributed by atoms with E-state index in [0.717, 1.165) is 37.0 Å². The maximum atomic E-state index is 12.4. The van der Waals surface area contributed by atoms with Crippen molar-refractivity contribution in [2.45, 2.75) is 110 Å². The van der Waals surface area contributed by atoms with Gasteiger partial charge in [0.05, 0.1) is 12.5 Å². The van der Waals surface area contributed by atoms with Crippen LogP contribution in [0, 0.1) is 46.3 Å². The number of amides is 1. The molecule has 198 valence electrons. The first-order valence-electron chi connectivity index (χ1n) is 13.9. The summed E-state index contributed by atoms with van der Waals surface area (Å²) >= 11 is 0. The van der Waals surface area contributed by atoms with E-state index in [1.807, 2.05) is 0 Å². The Labute approximate surface area is 209 Å². The number of carboxylic acid groups (broad SMARTS) is 2. The number of carbonyl (C=O) groups excluding carboxylic acids is 1. The van der Waals surface area contributed by atoms with Crippen LogP contribution in [0.25, 0.3) is 0 Å². The number of aliphatic carboxylic acids is 2. The highest BCUT2D eigenvalue weighted by molar-refractivity contribution is 5.86. The molecule has 0 saturated heterocycles. The standard InChI is InChI=1S/C28H45NO6/c1-16(4-9-24(31)29-23(26(34)35)15-25(32)33)20-7-8-21-19-6-5-17-14-18(30)10-12-27(17,2)22(19)11-13-28(20,21)3/h16-23,30H,4-15H2,1-3H3,(H,29,31)(H,32,33)(H,34,35)/t16?,17-,18-,19?,20?,21+,22-,23+,27+,28-/m1/s1. The number of nitrogens with one attached hydrogen (secondary N) is 1. The minimum atomic E-state index is -1.38. The van der Waals surface area contributed by atoms with Crippen molar-refractivity contribution in [3.05, 3.63) is 0 Å². The lowest BCUT2D eigenvalue weighted by atomic mass is 9.44. The Morgan fingerprint density at radius 3 is 2.31 bits per heavy atom. The van der Waals surface area contributed by atoms with Gasteiger partial charge in [0.1, 0.15) is 6.04 Å². The van der Waals surface area contributed by atoms with Crippen LogP contribution in [-0.4, -0.2) is 45.3 Å². The van der Waals surface area contributed by atoms with Gasteiger partial charge < -0.3 is 20.6 Å². The minimum Gasteiger partial charge on any atom is -0.481 e. The molecule has 0 bridgehead atoms. The van der Waals surface area contributed by atoms with E-state index < -0.39 is 24.4 Å². The van der Waals surface area contributed by atoms with Crippen molar-refractivity contribution in [2.75, 3.05) is 0 Å². The van der Waals surface area contributed by atoms with E-state index in [4.69, 9.17) is 5.11 Å². The van der Waals surface area contributed by atoms with Crippen LogP contribution in [-0.2, 0) is 14.4 Å². The topological polar surface area (TPSA) is 124 Å². The van der Waals surface area contributed by atoms with Gasteiger partial charge >= 0.3 is 11.9 Å². The molecule has 0 aliphatic heterocycles. The third-order valence-corrected chi connectivity index (χ3v) is 11.2. The predicted molar refractivity (Wildman–Crippen MR) is 131 cm³/mol. The van der Waals surface area contributed by atoms with Crippen LogP contribution in [0.15, 0.2) is 0 Å². The summed E-state index contributed by atoms with van der Waals surface area (Å²) in [5, 5.41) is 30.7. The number of rotatable bonds is 8. The van der Waals surface area contributed by atoms with Crippen molar-refractivity contribution >= 4 is 17.8 Å². The number of aliphatic hydroxyl groups is 1. The molecule has 7 heteroatoms. The van der Waals surface area contributed by atoms with Crippen molar-refractivity contribution in [2.24, 2.45) is 46.3 Å². The smallest absolute Gasteiger partial charge is 0.326 e. The van der Waals surface area contributed by atoms with Gasteiger partial charge in [-0.3, -0.25) is 9.59 Å². The molecule has 0 aromatic heterocycles. The van der Waals surface area contributed by atoms with Gasteiger partial charge in [0.2, 0.25) is 5.91 Å². The van der Waals surface area contributed by atoms with Crippen LogP contribution in [0.4, 0.5) is 0 Å². The van der Waals surface area contributed by atoms with Crippen LogP contribution in [0.1, 0.15) is 97.8 Å². The molecule has 4 fully saturated rings. The summed E-state index contributed by atoms with van der Waals surface area (Å²) in [6.45, 7) is 7.25. The molecular formula is C28H45NO6. The second-order valence-corrected chi connectivity index (χ2v) is 12.9. The molecule has 4 saturated carbocycles.